The molecular weight excluding hydrogens is 312 g/mol. The molecule has 0 radical (unpaired) electrons. The standard InChI is InChI=1S/C20H18N4O/c25-18-8-4-7-17-16(18)10-9-15(23-17)13-22-19-11-12-21-20(24-19)14-5-2-1-3-6-14/h1-3,5-6,9-12H,4,7-8,13H2,(H,21,22,24). The van der Waals surface area contributed by atoms with E-state index in [1.807, 2.05) is 48.5 Å². The van der Waals surface area contributed by atoms with E-state index < -0.39 is 0 Å². The first-order valence-corrected chi connectivity index (χ1v) is 8.44. The molecule has 0 atom stereocenters. The van der Waals surface area contributed by atoms with Crippen LogP contribution < -0.4 is 5.32 Å². The molecule has 1 N–H and O–H groups in total. The second-order valence-corrected chi connectivity index (χ2v) is 6.06. The maximum absolute atomic E-state index is 11.9. The molecule has 0 fully saturated rings. The topological polar surface area (TPSA) is 67.8 Å². The minimum atomic E-state index is 0.205. The van der Waals surface area contributed by atoms with E-state index in [-0.39, 0.29) is 5.78 Å². The molecule has 0 bridgehead atoms. The predicted octanol–water partition coefficient (Wildman–Crippen LogP) is 3.67. The molecule has 124 valence electrons. The predicted molar refractivity (Wildman–Crippen MR) is 96.3 cm³/mol. The molecule has 0 saturated carbocycles. The van der Waals surface area contributed by atoms with Crippen LogP contribution in [0.1, 0.15) is 34.6 Å². The monoisotopic (exact) mass is 330 g/mol. The third-order valence-corrected chi connectivity index (χ3v) is 4.29. The summed E-state index contributed by atoms with van der Waals surface area (Å²) in [6, 6.07) is 15.5. The number of fused-ring (bicyclic) bond motifs is 1. The summed E-state index contributed by atoms with van der Waals surface area (Å²) in [5, 5.41) is 3.29. The molecule has 2 aromatic heterocycles. The van der Waals surface area contributed by atoms with Crippen molar-refractivity contribution in [2.75, 3.05) is 5.32 Å². The Morgan fingerprint density at radius 2 is 1.84 bits per heavy atom. The van der Waals surface area contributed by atoms with Gasteiger partial charge in [0.15, 0.2) is 11.6 Å². The Morgan fingerprint density at radius 1 is 0.960 bits per heavy atom. The van der Waals surface area contributed by atoms with Crippen molar-refractivity contribution in [2.24, 2.45) is 0 Å². The fraction of sp³-hybridized carbons (Fsp3) is 0.200. The first-order chi connectivity index (χ1) is 12.3. The molecule has 2 heterocycles. The summed E-state index contributed by atoms with van der Waals surface area (Å²) < 4.78 is 0. The summed E-state index contributed by atoms with van der Waals surface area (Å²) in [5.41, 5.74) is 3.59. The average Bonchev–Trinajstić information content (AvgIpc) is 2.67. The zero-order chi connectivity index (χ0) is 17.1. The van der Waals surface area contributed by atoms with E-state index in [2.05, 4.69) is 20.3 Å². The third kappa shape index (κ3) is 3.40. The number of pyridine rings is 1. The Hall–Kier alpha value is -3.08. The van der Waals surface area contributed by atoms with Crippen LogP contribution in [-0.2, 0) is 13.0 Å². The highest BCUT2D eigenvalue weighted by Crippen LogP contribution is 2.20. The molecule has 0 saturated heterocycles. The summed E-state index contributed by atoms with van der Waals surface area (Å²) in [7, 11) is 0. The fourth-order valence-corrected chi connectivity index (χ4v) is 3.01. The molecule has 1 aliphatic carbocycles. The number of benzene rings is 1. The van der Waals surface area contributed by atoms with Crippen LogP contribution >= 0.6 is 0 Å². The lowest BCUT2D eigenvalue weighted by molar-refractivity contribution is 0.0971. The summed E-state index contributed by atoms with van der Waals surface area (Å²) in [4.78, 5) is 25.4. The maximum Gasteiger partial charge on any atom is 0.164 e. The van der Waals surface area contributed by atoms with Gasteiger partial charge in [0.25, 0.3) is 0 Å². The van der Waals surface area contributed by atoms with Crippen molar-refractivity contribution in [3.63, 3.8) is 0 Å². The van der Waals surface area contributed by atoms with E-state index >= 15 is 0 Å². The number of carbonyl (C=O) groups is 1. The van der Waals surface area contributed by atoms with E-state index in [0.29, 0.717) is 18.8 Å². The van der Waals surface area contributed by atoms with Gasteiger partial charge in [-0.25, -0.2) is 9.97 Å². The Bertz CT molecular complexity index is 909. The largest absolute Gasteiger partial charge is 0.364 e. The van der Waals surface area contributed by atoms with Crippen LogP contribution in [-0.4, -0.2) is 20.7 Å². The zero-order valence-corrected chi connectivity index (χ0v) is 13.8. The smallest absolute Gasteiger partial charge is 0.164 e. The molecule has 5 nitrogen and oxygen atoms in total. The van der Waals surface area contributed by atoms with Crippen LogP contribution in [0.15, 0.2) is 54.7 Å². The van der Waals surface area contributed by atoms with Gasteiger partial charge in [0.1, 0.15) is 5.82 Å². The minimum Gasteiger partial charge on any atom is -0.364 e. The van der Waals surface area contributed by atoms with Crippen molar-refractivity contribution in [3.8, 4) is 11.4 Å². The van der Waals surface area contributed by atoms with E-state index in [4.69, 9.17) is 0 Å². The van der Waals surface area contributed by atoms with Crippen LogP contribution in [0.2, 0.25) is 0 Å². The number of aryl methyl sites for hydroxylation is 1. The molecule has 4 rings (SSSR count). The number of ketones is 1. The van der Waals surface area contributed by atoms with Crippen molar-refractivity contribution in [2.45, 2.75) is 25.8 Å². The van der Waals surface area contributed by atoms with E-state index in [1.54, 1.807) is 6.20 Å². The molecule has 3 aromatic rings. The zero-order valence-electron chi connectivity index (χ0n) is 13.8. The average molecular weight is 330 g/mol. The van der Waals surface area contributed by atoms with Gasteiger partial charge in [-0.15, -0.1) is 0 Å². The number of Topliss-reactive ketones (excluding diaryl/α,β-unsaturated/α-hetero) is 1. The number of carbonyl (C=O) groups excluding carboxylic acids is 1. The quantitative estimate of drug-likeness (QED) is 0.790. The van der Waals surface area contributed by atoms with Crippen LogP contribution in [0.3, 0.4) is 0 Å². The lowest BCUT2D eigenvalue weighted by Crippen LogP contribution is -2.14. The number of rotatable bonds is 4. The highest BCUT2D eigenvalue weighted by Gasteiger charge is 2.18. The summed E-state index contributed by atoms with van der Waals surface area (Å²) >= 11 is 0. The molecule has 5 heteroatoms. The lowest BCUT2D eigenvalue weighted by Gasteiger charge is -2.15. The van der Waals surface area contributed by atoms with Crippen LogP contribution in [0, 0.1) is 0 Å². The molecule has 25 heavy (non-hydrogen) atoms. The van der Waals surface area contributed by atoms with Gasteiger partial charge < -0.3 is 5.32 Å². The highest BCUT2D eigenvalue weighted by atomic mass is 16.1. The Labute approximate surface area is 146 Å². The van der Waals surface area contributed by atoms with Gasteiger partial charge >= 0.3 is 0 Å². The maximum atomic E-state index is 11.9. The highest BCUT2D eigenvalue weighted by molar-refractivity contribution is 5.97. The van der Waals surface area contributed by atoms with Gasteiger partial charge in [0, 0.05) is 23.7 Å². The van der Waals surface area contributed by atoms with Crippen molar-refractivity contribution < 1.29 is 4.79 Å². The van der Waals surface area contributed by atoms with Crippen molar-refractivity contribution >= 4 is 11.6 Å². The number of nitrogens with zero attached hydrogens (tertiary/aromatic N) is 3. The minimum absolute atomic E-state index is 0.205. The Kier molecular flexibility index (Phi) is 4.21. The van der Waals surface area contributed by atoms with Gasteiger partial charge in [0.05, 0.1) is 17.9 Å². The summed E-state index contributed by atoms with van der Waals surface area (Å²) in [6.07, 6.45) is 4.15. The SMILES string of the molecule is O=C1CCCc2nc(CNc3ccnc(-c4ccccc4)n3)ccc21. The van der Waals surface area contributed by atoms with Gasteiger partial charge in [-0.1, -0.05) is 30.3 Å². The third-order valence-electron chi connectivity index (χ3n) is 4.29. The van der Waals surface area contributed by atoms with E-state index in [0.717, 1.165) is 41.2 Å². The van der Waals surface area contributed by atoms with Crippen LogP contribution in [0.4, 0.5) is 5.82 Å². The van der Waals surface area contributed by atoms with Crippen LogP contribution in [0.25, 0.3) is 11.4 Å². The summed E-state index contributed by atoms with van der Waals surface area (Å²) in [6.45, 7) is 0.562. The van der Waals surface area contributed by atoms with Gasteiger partial charge in [-0.3, -0.25) is 9.78 Å². The van der Waals surface area contributed by atoms with Crippen molar-refractivity contribution in [1.82, 2.24) is 15.0 Å². The molecule has 0 aliphatic heterocycles. The Morgan fingerprint density at radius 3 is 2.72 bits per heavy atom. The second kappa shape index (κ2) is 6.81. The number of hydrogen-bond donors (Lipinski definition) is 1. The van der Waals surface area contributed by atoms with Crippen LogP contribution in [0.5, 0.6) is 0 Å². The van der Waals surface area contributed by atoms with Gasteiger partial charge in [-0.05, 0) is 31.0 Å². The molecule has 0 unspecified atom stereocenters. The molecule has 0 spiro atoms. The van der Waals surface area contributed by atoms with E-state index in [9.17, 15) is 4.79 Å². The number of aromatic nitrogens is 3. The van der Waals surface area contributed by atoms with E-state index in [1.165, 1.54) is 0 Å². The Balaban J connectivity index is 1.49. The molecular formula is C20H18N4O. The molecule has 0 amide bonds. The lowest BCUT2D eigenvalue weighted by atomic mass is 9.94. The first-order valence-electron chi connectivity index (χ1n) is 8.44. The second-order valence-electron chi connectivity index (χ2n) is 6.06. The van der Waals surface area contributed by atoms with Crippen molar-refractivity contribution in [3.05, 3.63) is 71.7 Å². The fourth-order valence-electron chi connectivity index (χ4n) is 3.01. The number of nitrogens with one attached hydrogen (secondary N) is 1. The molecule has 1 aliphatic rings. The normalized spacial score (nSPS) is 13.4. The number of hydrogen-bond acceptors (Lipinski definition) is 5. The number of anilines is 1. The van der Waals surface area contributed by atoms with Crippen molar-refractivity contribution in [1.29, 1.82) is 0 Å². The summed E-state index contributed by atoms with van der Waals surface area (Å²) in [5.74, 6) is 1.65. The molecule has 1 aromatic carbocycles. The van der Waals surface area contributed by atoms with Gasteiger partial charge in [-0.2, -0.15) is 0 Å². The van der Waals surface area contributed by atoms with Gasteiger partial charge in [0.2, 0.25) is 0 Å². The first kappa shape index (κ1) is 15.4.